The van der Waals surface area contributed by atoms with Gasteiger partial charge in [0.1, 0.15) is 5.75 Å². The first-order valence-corrected chi connectivity index (χ1v) is 5.88. The zero-order valence-corrected chi connectivity index (χ0v) is 9.86. The normalized spacial score (nSPS) is 13.0. The molecule has 0 amide bonds. The van der Waals surface area contributed by atoms with Crippen molar-refractivity contribution in [3.05, 3.63) is 48.0 Å². The van der Waals surface area contributed by atoms with Crippen molar-refractivity contribution >= 4 is 5.69 Å². The summed E-state index contributed by atoms with van der Waals surface area (Å²) < 4.78 is 5.28. The summed E-state index contributed by atoms with van der Waals surface area (Å²) >= 11 is 0. The third kappa shape index (κ3) is 1.76. The molecule has 0 atom stereocenters. The highest BCUT2D eigenvalue weighted by Gasteiger charge is 2.14. The van der Waals surface area contributed by atoms with E-state index >= 15 is 0 Å². The van der Waals surface area contributed by atoms with Crippen LogP contribution in [-0.2, 0) is 6.42 Å². The number of benzene rings is 2. The van der Waals surface area contributed by atoms with Gasteiger partial charge in [-0.25, -0.2) is 0 Å². The molecule has 0 radical (unpaired) electrons. The summed E-state index contributed by atoms with van der Waals surface area (Å²) in [5, 5.41) is 3.41. The van der Waals surface area contributed by atoms with Gasteiger partial charge >= 0.3 is 0 Å². The molecule has 1 aliphatic rings. The highest BCUT2D eigenvalue weighted by molar-refractivity contribution is 5.76. The Kier molecular flexibility index (Phi) is 2.48. The van der Waals surface area contributed by atoms with Crippen molar-refractivity contribution in [2.24, 2.45) is 0 Å². The second-order valence-electron chi connectivity index (χ2n) is 4.24. The largest absolute Gasteiger partial charge is 0.497 e. The SMILES string of the molecule is COc1cccc(-c2cccc3c2CCN3)c1. The average molecular weight is 225 g/mol. The van der Waals surface area contributed by atoms with Gasteiger partial charge in [-0.05, 0) is 41.3 Å². The molecule has 0 saturated carbocycles. The topological polar surface area (TPSA) is 21.3 Å². The lowest BCUT2D eigenvalue weighted by Gasteiger charge is -2.09. The van der Waals surface area contributed by atoms with Gasteiger partial charge in [0.15, 0.2) is 0 Å². The Morgan fingerprint density at radius 1 is 1.12 bits per heavy atom. The minimum Gasteiger partial charge on any atom is -0.497 e. The summed E-state index contributed by atoms with van der Waals surface area (Å²) in [6.45, 7) is 1.04. The van der Waals surface area contributed by atoms with E-state index in [1.165, 1.54) is 22.4 Å². The van der Waals surface area contributed by atoms with E-state index in [0.717, 1.165) is 18.7 Å². The summed E-state index contributed by atoms with van der Waals surface area (Å²) in [7, 11) is 1.70. The number of fused-ring (bicyclic) bond motifs is 1. The van der Waals surface area contributed by atoms with E-state index in [2.05, 4.69) is 35.6 Å². The van der Waals surface area contributed by atoms with Crippen LogP contribution in [0.2, 0.25) is 0 Å². The molecule has 3 rings (SSSR count). The molecular formula is C15H15NO. The van der Waals surface area contributed by atoms with Crippen molar-refractivity contribution in [2.45, 2.75) is 6.42 Å². The van der Waals surface area contributed by atoms with Crippen molar-refractivity contribution in [1.82, 2.24) is 0 Å². The number of anilines is 1. The molecule has 0 bridgehead atoms. The third-order valence-electron chi connectivity index (χ3n) is 3.25. The monoisotopic (exact) mass is 225 g/mol. The summed E-state index contributed by atoms with van der Waals surface area (Å²) in [5.74, 6) is 0.908. The van der Waals surface area contributed by atoms with Crippen LogP contribution in [0.4, 0.5) is 5.69 Å². The average Bonchev–Trinajstić information content (AvgIpc) is 2.87. The molecule has 0 aromatic heterocycles. The van der Waals surface area contributed by atoms with Crippen LogP contribution in [0.5, 0.6) is 5.75 Å². The van der Waals surface area contributed by atoms with Crippen molar-refractivity contribution in [1.29, 1.82) is 0 Å². The van der Waals surface area contributed by atoms with E-state index in [9.17, 15) is 0 Å². The fourth-order valence-electron chi connectivity index (χ4n) is 2.41. The molecule has 2 aromatic carbocycles. The van der Waals surface area contributed by atoms with Gasteiger partial charge in [0, 0.05) is 12.2 Å². The van der Waals surface area contributed by atoms with E-state index in [4.69, 9.17) is 4.74 Å². The van der Waals surface area contributed by atoms with Gasteiger partial charge in [-0.3, -0.25) is 0 Å². The van der Waals surface area contributed by atoms with Crippen LogP contribution in [-0.4, -0.2) is 13.7 Å². The Morgan fingerprint density at radius 3 is 2.88 bits per heavy atom. The minimum atomic E-state index is 0.908. The highest BCUT2D eigenvalue weighted by Crippen LogP contribution is 2.33. The van der Waals surface area contributed by atoms with E-state index in [-0.39, 0.29) is 0 Å². The van der Waals surface area contributed by atoms with E-state index in [1.54, 1.807) is 7.11 Å². The van der Waals surface area contributed by atoms with E-state index < -0.39 is 0 Å². The fourth-order valence-corrected chi connectivity index (χ4v) is 2.41. The van der Waals surface area contributed by atoms with Crippen molar-refractivity contribution in [3.8, 4) is 16.9 Å². The summed E-state index contributed by atoms with van der Waals surface area (Å²) in [4.78, 5) is 0. The standard InChI is InChI=1S/C15H15NO/c1-17-12-5-2-4-11(10-12)13-6-3-7-15-14(13)8-9-16-15/h2-7,10,16H,8-9H2,1H3. The van der Waals surface area contributed by atoms with Crippen molar-refractivity contribution < 1.29 is 4.74 Å². The Morgan fingerprint density at radius 2 is 2.00 bits per heavy atom. The first kappa shape index (κ1) is 10.2. The van der Waals surface area contributed by atoms with Crippen LogP contribution in [0.15, 0.2) is 42.5 Å². The highest BCUT2D eigenvalue weighted by atomic mass is 16.5. The van der Waals surface area contributed by atoms with Crippen LogP contribution < -0.4 is 10.1 Å². The van der Waals surface area contributed by atoms with Crippen molar-refractivity contribution in [3.63, 3.8) is 0 Å². The van der Waals surface area contributed by atoms with Gasteiger partial charge in [-0.1, -0.05) is 24.3 Å². The molecule has 86 valence electrons. The maximum Gasteiger partial charge on any atom is 0.119 e. The molecule has 0 saturated heterocycles. The maximum absolute atomic E-state index is 5.28. The molecule has 2 heteroatoms. The Balaban J connectivity index is 2.12. The lowest BCUT2D eigenvalue weighted by atomic mass is 9.98. The molecule has 0 fully saturated rings. The van der Waals surface area contributed by atoms with E-state index in [0.29, 0.717) is 0 Å². The quantitative estimate of drug-likeness (QED) is 0.846. The predicted molar refractivity (Wildman–Crippen MR) is 70.6 cm³/mol. The van der Waals surface area contributed by atoms with E-state index in [1.807, 2.05) is 12.1 Å². The molecule has 1 aliphatic heterocycles. The molecule has 0 aliphatic carbocycles. The second-order valence-corrected chi connectivity index (χ2v) is 4.24. The number of nitrogens with one attached hydrogen (secondary N) is 1. The zero-order valence-electron chi connectivity index (χ0n) is 9.86. The number of hydrogen-bond acceptors (Lipinski definition) is 2. The summed E-state index contributed by atoms with van der Waals surface area (Å²) in [5.41, 5.74) is 5.22. The van der Waals surface area contributed by atoms with Gasteiger partial charge in [-0.15, -0.1) is 0 Å². The smallest absolute Gasteiger partial charge is 0.119 e. The molecule has 1 heterocycles. The number of hydrogen-bond donors (Lipinski definition) is 1. The summed E-state index contributed by atoms with van der Waals surface area (Å²) in [6.07, 6.45) is 1.10. The third-order valence-corrected chi connectivity index (χ3v) is 3.25. The van der Waals surface area contributed by atoms with Crippen LogP contribution in [0.3, 0.4) is 0 Å². The Labute approximate surface area is 101 Å². The number of methoxy groups -OCH3 is 1. The first-order valence-electron chi connectivity index (χ1n) is 5.88. The second kappa shape index (κ2) is 4.13. The van der Waals surface area contributed by atoms with Gasteiger partial charge in [0.25, 0.3) is 0 Å². The molecule has 0 spiro atoms. The zero-order chi connectivity index (χ0) is 11.7. The van der Waals surface area contributed by atoms with Gasteiger partial charge < -0.3 is 10.1 Å². The van der Waals surface area contributed by atoms with Crippen LogP contribution in [0.1, 0.15) is 5.56 Å². The van der Waals surface area contributed by atoms with Crippen LogP contribution in [0, 0.1) is 0 Å². The minimum absolute atomic E-state index is 0.908. The molecule has 17 heavy (non-hydrogen) atoms. The van der Waals surface area contributed by atoms with Crippen molar-refractivity contribution in [2.75, 3.05) is 19.0 Å². The summed E-state index contributed by atoms with van der Waals surface area (Å²) in [6, 6.07) is 14.7. The lowest BCUT2D eigenvalue weighted by Crippen LogP contribution is -1.90. The molecule has 2 nitrogen and oxygen atoms in total. The molecular weight excluding hydrogens is 210 g/mol. The first-order chi connectivity index (χ1) is 8.38. The van der Waals surface area contributed by atoms with Gasteiger partial charge in [-0.2, -0.15) is 0 Å². The Bertz CT molecular complexity index is 548. The van der Waals surface area contributed by atoms with Gasteiger partial charge in [0.2, 0.25) is 0 Å². The maximum atomic E-state index is 5.28. The molecule has 0 unspecified atom stereocenters. The number of ether oxygens (including phenoxy) is 1. The van der Waals surface area contributed by atoms with Gasteiger partial charge in [0.05, 0.1) is 7.11 Å². The number of rotatable bonds is 2. The lowest BCUT2D eigenvalue weighted by molar-refractivity contribution is 0.415. The van der Waals surface area contributed by atoms with Crippen LogP contribution >= 0.6 is 0 Å². The van der Waals surface area contributed by atoms with Crippen LogP contribution in [0.25, 0.3) is 11.1 Å². The molecule has 1 N–H and O–H groups in total. The Hall–Kier alpha value is -1.96. The fraction of sp³-hybridized carbons (Fsp3) is 0.200. The molecule has 2 aromatic rings. The predicted octanol–water partition coefficient (Wildman–Crippen LogP) is 3.33.